The molecule has 7 nitrogen and oxygen atoms in total. The minimum absolute atomic E-state index is 0.288. The average Bonchev–Trinajstić information content (AvgIpc) is 3.39. The standard InChI is InChI=1S/C27H26N2O5/c1-3-16-33-21-14-12-19(13-15-21)28-26(30)23-24(18-8-7-11-22(17-18)32-2)29(34-25(23)27(28)31)20-9-5-4-6-10-20/h4-15,17,23-25H,3,16H2,1-2H3/t23-,24-,25-/m0/s1. The highest BCUT2D eigenvalue weighted by molar-refractivity contribution is 6.23. The summed E-state index contributed by atoms with van der Waals surface area (Å²) >= 11 is 0. The van der Waals surface area contributed by atoms with Gasteiger partial charge in [-0.05, 0) is 60.5 Å². The molecule has 0 spiro atoms. The third-order valence-electron chi connectivity index (χ3n) is 6.13. The first-order chi connectivity index (χ1) is 16.6. The van der Waals surface area contributed by atoms with Gasteiger partial charge in [-0.1, -0.05) is 37.3 Å². The molecule has 3 aromatic carbocycles. The van der Waals surface area contributed by atoms with Crippen LogP contribution in [0.3, 0.4) is 0 Å². The molecule has 0 unspecified atom stereocenters. The number of rotatable bonds is 7. The molecule has 2 heterocycles. The molecule has 34 heavy (non-hydrogen) atoms. The maximum atomic E-state index is 13.7. The van der Waals surface area contributed by atoms with Crippen LogP contribution in [0.4, 0.5) is 11.4 Å². The molecule has 174 valence electrons. The van der Waals surface area contributed by atoms with E-state index in [2.05, 4.69) is 0 Å². The lowest BCUT2D eigenvalue weighted by atomic mass is 9.90. The van der Waals surface area contributed by atoms with E-state index < -0.39 is 18.1 Å². The van der Waals surface area contributed by atoms with E-state index in [0.717, 1.165) is 17.7 Å². The lowest BCUT2D eigenvalue weighted by Crippen LogP contribution is -2.37. The minimum Gasteiger partial charge on any atom is -0.497 e. The van der Waals surface area contributed by atoms with Crippen molar-refractivity contribution in [1.29, 1.82) is 0 Å². The van der Waals surface area contributed by atoms with Crippen LogP contribution in [0.5, 0.6) is 11.5 Å². The van der Waals surface area contributed by atoms with Gasteiger partial charge in [-0.2, -0.15) is 0 Å². The zero-order chi connectivity index (χ0) is 23.7. The number of hydrogen-bond acceptors (Lipinski definition) is 6. The van der Waals surface area contributed by atoms with Gasteiger partial charge in [0.25, 0.3) is 5.91 Å². The highest BCUT2D eigenvalue weighted by Gasteiger charge is 2.60. The van der Waals surface area contributed by atoms with E-state index in [-0.39, 0.29) is 11.8 Å². The molecule has 2 saturated heterocycles. The first kappa shape index (κ1) is 22.0. The monoisotopic (exact) mass is 458 g/mol. The van der Waals surface area contributed by atoms with Crippen LogP contribution in [0.2, 0.25) is 0 Å². The molecule has 3 atom stereocenters. The fraction of sp³-hybridized carbons (Fsp3) is 0.259. The number of amides is 2. The second-order valence-corrected chi connectivity index (χ2v) is 8.29. The summed E-state index contributed by atoms with van der Waals surface area (Å²) in [6.07, 6.45) is -0.0188. The molecule has 2 aliphatic rings. The second-order valence-electron chi connectivity index (χ2n) is 8.29. The predicted octanol–water partition coefficient (Wildman–Crippen LogP) is 4.54. The number of carbonyl (C=O) groups is 2. The Morgan fingerprint density at radius 2 is 1.62 bits per heavy atom. The number of imide groups is 1. The summed E-state index contributed by atoms with van der Waals surface area (Å²) in [5, 5.41) is 1.68. The molecule has 0 aromatic heterocycles. The number of carbonyl (C=O) groups excluding carboxylic acids is 2. The van der Waals surface area contributed by atoms with Crippen molar-refractivity contribution in [3.8, 4) is 11.5 Å². The molecule has 0 radical (unpaired) electrons. The van der Waals surface area contributed by atoms with Gasteiger partial charge < -0.3 is 9.47 Å². The van der Waals surface area contributed by atoms with Crippen molar-refractivity contribution in [2.45, 2.75) is 25.5 Å². The molecular weight excluding hydrogens is 432 g/mol. The Morgan fingerprint density at radius 3 is 2.32 bits per heavy atom. The fourth-order valence-electron chi connectivity index (χ4n) is 4.54. The van der Waals surface area contributed by atoms with Crippen LogP contribution < -0.4 is 19.4 Å². The van der Waals surface area contributed by atoms with Gasteiger partial charge in [0, 0.05) is 0 Å². The van der Waals surface area contributed by atoms with Gasteiger partial charge in [-0.3, -0.25) is 14.4 Å². The molecule has 0 saturated carbocycles. The van der Waals surface area contributed by atoms with Crippen LogP contribution in [-0.2, 0) is 14.4 Å². The van der Waals surface area contributed by atoms with E-state index in [9.17, 15) is 9.59 Å². The van der Waals surface area contributed by atoms with E-state index in [1.165, 1.54) is 4.90 Å². The molecule has 0 aliphatic carbocycles. The molecule has 2 amide bonds. The maximum absolute atomic E-state index is 13.7. The normalized spacial score (nSPS) is 21.6. The number of nitrogens with zero attached hydrogens (tertiary/aromatic N) is 2. The summed E-state index contributed by atoms with van der Waals surface area (Å²) in [6, 6.07) is 23.6. The van der Waals surface area contributed by atoms with Gasteiger partial charge in [-0.25, -0.2) is 9.96 Å². The number of methoxy groups -OCH3 is 1. The molecule has 0 N–H and O–H groups in total. The summed E-state index contributed by atoms with van der Waals surface area (Å²) in [6.45, 7) is 2.64. The molecule has 5 rings (SSSR count). The first-order valence-electron chi connectivity index (χ1n) is 11.4. The molecular formula is C27H26N2O5. The summed E-state index contributed by atoms with van der Waals surface area (Å²) < 4.78 is 11.0. The Kier molecular flexibility index (Phi) is 5.94. The lowest BCUT2D eigenvalue weighted by molar-refractivity contribution is -0.126. The first-order valence-corrected chi connectivity index (χ1v) is 11.4. The smallest absolute Gasteiger partial charge is 0.266 e. The Morgan fingerprint density at radius 1 is 0.853 bits per heavy atom. The Labute approximate surface area is 198 Å². The summed E-state index contributed by atoms with van der Waals surface area (Å²) in [7, 11) is 1.60. The number of para-hydroxylation sites is 1. The van der Waals surface area contributed by atoms with E-state index in [1.54, 1.807) is 36.4 Å². The zero-order valence-electron chi connectivity index (χ0n) is 19.1. The third-order valence-corrected chi connectivity index (χ3v) is 6.13. The quantitative estimate of drug-likeness (QED) is 0.485. The summed E-state index contributed by atoms with van der Waals surface area (Å²) in [4.78, 5) is 34.5. The third kappa shape index (κ3) is 3.78. The predicted molar refractivity (Wildman–Crippen MR) is 128 cm³/mol. The highest BCUT2D eigenvalue weighted by atomic mass is 16.7. The van der Waals surface area contributed by atoms with Crippen molar-refractivity contribution in [3.05, 3.63) is 84.4 Å². The Hall–Kier alpha value is -3.84. The number of hydrogen-bond donors (Lipinski definition) is 0. The Balaban J connectivity index is 1.51. The van der Waals surface area contributed by atoms with Crippen molar-refractivity contribution in [2.75, 3.05) is 23.7 Å². The molecule has 7 heteroatoms. The van der Waals surface area contributed by atoms with Gasteiger partial charge in [0.15, 0.2) is 6.10 Å². The van der Waals surface area contributed by atoms with Crippen molar-refractivity contribution < 1.29 is 23.9 Å². The van der Waals surface area contributed by atoms with Gasteiger partial charge in [0.05, 0.1) is 31.1 Å². The van der Waals surface area contributed by atoms with Crippen molar-refractivity contribution in [3.63, 3.8) is 0 Å². The van der Waals surface area contributed by atoms with E-state index in [1.807, 2.05) is 61.5 Å². The molecule has 2 aliphatic heterocycles. The van der Waals surface area contributed by atoms with Gasteiger partial charge in [0.1, 0.15) is 17.4 Å². The summed E-state index contributed by atoms with van der Waals surface area (Å²) in [5.41, 5.74) is 2.11. The molecule has 3 aromatic rings. The van der Waals surface area contributed by atoms with E-state index in [0.29, 0.717) is 23.8 Å². The van der Waals surface area contributed by atoms with Crippen LogP contribution in [0.25, 0.3) is 0 Å². The zero-order valence-corrected chi connectivity index (χ0v) is 19.1. The fourth-order valence-corrected chi connectivity index (χ4v) is 4.54. The number of anilines is 2. The van der Waals surface area contributed by atoms with Crippen LogP contribution in [0, 0.1) is 5.92 Å². The van der Waals surface area contributed by atoms with Crippen LogP contribution >= 0.6 is 0 Å². The van der Waals surface area contributed by atoms with Crippen LogP contribution in [-0.4, -0.2) is 31.6 Å². The Bertz CT molecular complexity index is 1180. The van der Waals surface area contributed by atoms with Gasteiger partial charge in [0.2, 0.25) is 5.91 Å². The second kappa shape index (κ2) is 9.19. The van der Waals surface area contributed by atoms with Gasteiger partial charge >= 0.3 is 0 Å². The van der Waals surface area contributed by atoms with Crippen LogP contribution in [0.15, 0.2) is 78.9 Å². The lowest BCUT2D eigenvalue weighted by Gasteiger charge is -2.29. The average molecular weight is 459 g/mol. The SMILES string of the molecule is CCCOc1ccc(N2C(=O)[C@@H]3[C@H](ON(c4ccccc4)[C@H]3c3cccc(OC)c3)C2=O)cc1. The van der Waals surface area contributed by atoms with Gasteiger partial charge in [-0.15, -0.1) is 0 Å². The van der Waals surface area contributed by atoms with E-state index >= 15 is 0 Å². The number of ether oxygens (including phenoxy) is 2. The number of hydroxylamine groups is 1. The highest BCUT2D eigenvalue weighted by Crippen LogP contribution is 2.48. The topological polar surface area (TPSA) is 68.3 Å². The summed E-state index contributed by atoms with van der Waals surface area (Å²) in [5.74, 6) is 0.0127. The van der Waals surface area contributed by atoms with Crippen molar-refractivity contribution >= 4 is 23.2 Å². The van der Waals surface area contributed by atoms with Crippen LogP contribution in [0.1, 0.15) is 24.9 Å². The molecule has 0 bridgehead atoms. The van der Waals surface area contributed by atoms with Crippen molar-refractivity contribution in [1.82, 2.24) is 0 Å². The van der Waals surface area contributed by atoms with E-state index in [4.69, 9.17) is 14.3 Å². The van der Waals surface area contributed by atoms with Crippen molar-refractivity contribution in [2.24, 2.45) is 5.92 Å². The number of fused-ring (bicyclic) bond motifs is 1. The number of benzene rings is 3. The molecule has 2 fully saturated rings. The largest absolute Gasteiger partial charge is 0.497 e. The minimum atomic E-state index is -0.917. The maximum Gasteiger partial charge on any atom is 0.266 e.